The zero-order chi connectivity index (χ0) is 53.6. The lowest BCUT2D eigenvalue weighted by Gasteiger charge is -2.32. The van der Waals surface area contributed by atoms with E-state index in [4.69, 9.17) is 9.72 Å². The van der Waals surface area contributed by atoms with Gasteiger partial charge in [-0.05, 0) is 139 Å². The number of nitrogens with zero attached hydrogens (tertiary/aromatic N) is 4. The molecule has 0 fully saturated rings. The van der Waals surface area contributed by atoms with E-state index in [9.17, 15) is 0 Å². The Kier molecular flexibility index (Phi) is 12.6. The normalized spacial score (nSPS) is 13.8. The second kappa shape index (κ2) is 18.3. The Morgan fingerprint density at radius 2 is 0.920 bits per heavy atom. The maximum atomic E-state index is 7.28. The SMILES string of the molecule is CC(C)(C)c1cccc(N2CN(c3cc(Oc4ccc5c6cc(C(C)(C)C)ccc6n(-c6cc(C(C)(C)c7ccccc7)ccn6)c5c4)cc(C(C)(C)c4ccccc4)c3)c3cc(C(C)(C)C)c(C(C)(C)C)cc32)c1. The van der Waals surface area contributed by atoms with Crippen LogP contribution in [0.25, 0.3) is 27.6 Å². The smallest absolute Gasteiger partial charge is 0.137 e. The van der Waals surface area contributed by atoms with Crippen LogP contribution in [0.15, 0.2) is 170 Å². The van der Waals surface area contributed by atoms with E-state index in [-0.39, 0.29) is 32.5 Å². The summed E-state index contributed by atoms with van der Waals surface area (Å²) in [6.45, 7) is 37.7. The van der Waals surface area contributed by atoms with E-state index in [1.165, 1.54) is 67.0 Å². The van der Waals surface area contributed by atoms with E-state index in [1.807, 2.05) is 6.20 Å². The Morgan fingerprint density at radius 1 is 0.373 bits per heavy atom. The zero-order valence-electron chi connectivity index (χ0n) is 47.6. The summed E-state index contributed by atoms with van der Waals surface area (Å²) in [6, 6.07) is 60.6. The van der Waals surface area contributed by atoms with Gasteiger partial charge in [0.05, 0.1) is 22.4 Å². The molecule has 2 aromatic heterocycles. The minimum Gasteiger partial charge on any atom is -0.457 e. The van der Waals surface area contributed by atoms with Crippen LogP contribution in [0.2, 0.25) is 0 Å². The van der Waals surface area contributed by atoms with Gasteiger partial charge in [0, 0.05) is 51.3 Å². The average Bonchev–Trinajstić information content (AvgIpc) is 3.93. The predicted octanol–water partition coefficient (Wildman–Crippen LogP) is 19.1. The molecule has 0 N–H and O–H groups in total. The van der Waals surface area contributed by atoms with E-state index in [0.717, 1.165) is 39.4 Å². The highest BCUT2D eigenvalue weighted by molar-refractivity contribution is 6.10. The summed E-state index contributed by atoms with van der Waals surface area (Å²) >= 11 is 0. The topological polar surface area (TPSA) is 33.5 Å². The van der Waals surface area contributed by atoms with Crippen molar-refractivity contribution in [2.45, 2.75) is 143 Å². The lowest BCUT2D eigenvalue weighted by molar-refractivity contribution is 0.480. The number of ether oxygens (including phenoxy) is 1. The van der Waals surface area contributed by atoms with Gasteiger partial charge in [0.1, 0.15) is 24.0 Å². The van der Waals surface area contributed by atoms with Gasteiger partial charge in [0.25, 0.3) is 0 Å². The standard InChI is InChI=1S/C70H78N4O/c1-65(2,3)48-28-23-29-52(36-48)72-45-73(63-44-59(68(10,11)12)58(43-62(63)72)67(7,8)9)53-37-51(70(15,16)47-26-21-18-22-27-47)38-55(41-53)75-54-31-32-56-57-39-49(66(4,5)6)30-33-60(57)74(61(56)42-54)64-40-50(34-35-71-64)69(13,14)46-24-19-17-20-25-46/h17-44H,45H2,1-16H3. The van der Waals surface area contributed by atoms with Crippen molar-refractivity contribution in [3.8, 4) is 17.3 Å². The van der Waals surface area contributed by atoms with Crippen molar-refractivity contribution >= 4 is 44.6 Å². The van der Waals surface area contributed by atoms with Gasteiger partial charge in [-0.3, -0.25) is 4.57 Å². The number of fused-ring (bicyclic) bond motifs is 4. The second-order valence-electron chi connectivity index (χ2n) is 26.4. The van der Waals surface area contributed by atoms with Gasteiger partial charge < -0.3 is 14.5 Å². The first-order valence-corrected chi connectivity index (χ1v) is 27.0. The third kappa shape index (κ3) is 9.64. The van der Waals surface area contributed by atoms with Crippen LogP contribution in [-0.2, 0) is 32.5 Å². The highest BCUT2D eigenvalue weighted by atomic mass is 16.5. The molecule has 0 saturated carbocycles. The van der Waals surface area contributed by atoms with Crippen LogP contribution < -0.4 is 14.5 Å². The quantitative estimate of drug-likeness (QED) is 0.144. The van der Waals surface area contributed by atoms with Crippen molar-refractivity contribution in [2.75, 3.05) is 16.5 Å². The lowest BCUT2D eigenvalue weighted by atomic mass is 9.74. The molecule has 0 unspecified atom stereocenters. The molecule has 1 aliphatic heterocycles. The minimum atomic E-state index is -0.351. The van der Waals surface area contributed by atoms with Gasteiger partial charge in [-0.15, -0.1) is 0 Å². The van der Waals surface area contributed by atoms with Gasteiger partial charge in [0.2, 0.25) is 0 Å². The molecular weight excluding hydrogens is 913 g/mol. The van der Waals surface area contributed by atoms with Crippen LogP contribution in [0.1, 0.15) is 155 Å². The third-order valence-electron chi connectivity index (χ3n) is 16.1. The first kappa shape index (κ1) is 51.4. The fourth-order valence-electron chi connectivity index (χ4n) is 11.2. The summed E-state index contributed by atoms with van der Waals surface area (Å²) < 4.78 is 9.61. The summed E-state index contributed by atoms with van der Waals surface area (Å²) in [5.74, 6) is 2.42. The lowest BCUT2D eigenvalue weighted by Crippen LogP contribution is -2.25. The largest absolute Gasteiger partial charge is 0.457 e. The second-order valence-corrected chi connectivity index (χ2v) is 26.4. The zero-order valence-corrected chi connectivity index (χ0v) is 47.6. The molecule has 0 spiro atoms. The summed E-state index contributed by atoms with van der Waals surface area (Å²) in [7, 11) is 0. The molecule has 0 radical (unpaired) electrons. The first-order chi connectivity index (χ1) is 35.2. The molecule has 0 amide bonds. The number of hydrogen-bond donors (Lipinski definition) is 0. The maximum absolute atomic E-state index is 7.28. The van der Waals surface area contributed by atoms with Crippen LogP contribution in [-0.4, -0.2) is 16.2 Å². The Morgan fingerprint density at radius 3 is 1.51 bits per heavy atom. The summed E-state index contributed by atoms with van der Waals surface area (Å²) in [4.78, 5) is 10.1. The molecule has 5 heteroatoms. The molecule has 0 saturated heterocycles. The fraction of sp³-hybridized carbons (Fsp3) is 0.329. The molecule has 384 valence electrons. The van der Waals surface area contributed by atoms with Crippen LogP contribution >= 0.6 is 0 Å². The molecule has 1 aliphatic rings. The van der Waals surface area contributed by atoms with Gasteiger partial charge in [-0.1, -0.05) is 190 Å². The van der Waals surface area contributed by atoms with Crippen molar-refractivity contribution < 1.29 is 4.74 Å². The molecular formula is C70H78N4O. The van der Waals surface area contributed by atoms with Crippen LogP contribution in [0, 0.1) is 0 Å². The van der Waals surface area contributed by atoms with Crippen molar-refractivity contribution in [2.24, 2.45) is 0 Å². The van der Waals surface area contributed by atoms with Crippen LogP contribution in [0.3, 0.4) is 0 Å². The highest BCUT2D eigenvalue weighted by Crippen LogP contribution is 2.51. The molecule has 9 aromatic rings. The van der Waals surface area contributed by atoms with E-state index in [2.05, 4.69) is 289 Å². The number of hydrogen-bond acceptors (Lipinski definition) is 4. The van der Waals surface area contributed by atoms with E-state index in [1.54, 1.807) is 0 Å². The molecule has 3 heterocycles. The Bertz CT molecular complexity index is 3590. The van der Waals surface area contributed by atoms with Gasteiger partial charge in [-0.2, -0.15) is 0 Å². The molecule has 0 atom stereocenters. The Labute approximate surface area is 448 Å². The molecule has 0 aliphatic carbocycles. The number of aromatic nitrogens is 2. The number of pyridine rings is 1. The fourth-order valence-corrected chi connectivity index (χ4v) is 11.2. The van der Waals surface area contributed by atoms with Crippen molar-refractivity contribution in [3.63, 3.8) is 0 Å². The number of rotatable bonds is 9. The number of anilines is 4. The third-order valence-corrected chi connectivity index (χ3v) is 16.1. The molecule has 5 nitrogen and oxygen atoms in total. The number of benzene rings is 7. The molecule has 0 bridgehead atoms. The average molecular weight is 991 g/mol. The summed E-state index contributed by atoms with van der Waals surface area (Å²) in [5.41, 5.74) is 16.3. The monoisotopic (exact) mass is 991 g/mol. The van der Waals surface area contributed by atoms with Crippen molar-refractivity contribution in [1.82, 2.24) is 9.55 Å². The Hall–Kier alpha value is -7.11. The minimum absolute atomic E-state index is 0.00107. The molecule has 7 aromatic carbocycles. The van der Waals surface area contributed by atoms with E-state index in [0.29, 0.717) is 6.67 Å². The maximum Gasteiger partial charge on any atom is 0.137 e. The van der Waals surface area contributed by atoms with E-state index >= 15 is 0 Å². The van der Waals surface area contributed by atoms with Crippen molar-refractivity contribution in [1.29, 1.82) is 0 Å². The van der Waals surface area contributed by atoms with Gasteiger partial charge >= 0.3 is 0 Å². The summed E-state index contributed by atoms with van der Waals surface area (Å²) in [6.07, 6.45) is 1.96. The van der Waals surface area contributed by atoms with Crippen LogP contribution in [0.4, 0.5) is 22.7 Å². The Balaban J connectivity index is 1.16. The highest BCUT2D eigenvalue weighted by Gasteiger charge is 2.36. The summed E-state index contributed by atoms with van der Waals surface area (Å²) in [5, 5.41) is 2.35. The van der Waals surface area contributed by atoms with E-state index < -0.39 is 0 Å². The molecule has 75 heavy (non-hydrogen) atoms. The van der Waals surface area contributed by atoms with Gasteiger partial charge in [-0.25, -0.2) is 4.98 Å². The first-order valence-electron chi connectivity index (χ1n) is 27.0. The molecule has 10 rings (SSSR count). The predicted molar refractivity (Wildman–Crippen MR) is 319 cm³/mol. The van der Waals surface area contributed by atoms with Crippen molar-refractivity contribution in [3.05, 3.63) is 214 Å². The van der Waals surface area contributed by atoms with Gasteiger partial charge in [0.15, 0.2) is 0 Å². The van der Waals surface area contributed by atoms with Crippen LogP contribution in [0.5, 0.6) is 11.5 Å².